The number of fused-ring (bicyclic) bond motifs is 1. The highest BCUT2D eigenvalue weighted by Crippen LogP contribution is 2.23. The van der Waals surface area contributed by atoms with E-state index in [1.807, 2.05) is 12.1 Å². The molecule has 0 aromatic heterocycles. The third-order valence-corrected chi connectivity index (χ3v) is 5.07. The highest BCUT2D eigenvalue weighted by atomic mass is 32.2. The van der Waals surface area contributed by atoms with Gasteiger partial charge in [0.05, 0.1) is 11.8 Å². The lowest BCUT2D eigenvalue weighted by Gasteiger charge is -2.13. The second-order valence-corrected chi connectivity index (χ2v) is 8.45. The normalized spacial score (nSPS) is 14.3. The Morgan fingerprint density at radius 3 is 2.30 bits per heavy atom. The number of anilines is 1. The molecular formula is C20H21NO5S. The number of nitrogens with one attached hydrogen (secondary N) is 1. The number of ketones is 1. The SMILES string of the molecule is C[C@@H](OC(=O)c1ccc2c(c1)CCC2)C(=O)c1ccc(NS(C)(=O)=O)cc1. The molecule has 1 atom stereocenters. The molecule has 0 radical (unpaired) electrons. The van der Waals surface area contributed by atoms with E-state index in [9.17, 15) is 18.0 Å². The molecule has 2 aromatic rings. The summed E-state index contributed by atoms with van der Waals surface area (Å²) in [5.74, 6) is -0.878. The lowest BCUT2D eigenvalue weighted by Crippen LogP contribution is -2.24. The highest BCUT2D eigenvalue weighted by Gasteiger charge is 2.22. The molecular weight excluding hydrogens is 366 g/mol. The Morgan fingerprint density at radius 1 is 1.00 bits per heavy atom. The summed E-state index contributed by atoms with van der Waals surface area (Å²) in [5, 5.41) is 0. The molecule has 0 heterocycles. The second kappa shape index (κ2) is 7.52. The van der Waals surface area contributed by atoms with Gasteiger partial charge in [0.2, 0.25) is 15.8 Å². The predicted octanol–water partition coefficient (Wildman–Crippen LogP) is 2.98. The number of sulfonamides is 1. The van der Waals surface area contributed by atoms with Gasteiger partial charge in [0.1, 0.15) is 0 Å². The fourth-order valence-corrected chi connectivity index (χ4v) is 3.70. The van der Waals surface area contributed by atoms with Crippen LogP contribution in [-0.4, -0.2) is 32.5 Å². The summed E-state index contributed by atoms with van der Waals surface area (Å²) in [4.78, 5) is 24.8. The monoisotopic (exact) mass is 387 g/mol. The van der Waals surface area contributed by atoms with Crippen LogP contribution in [0, 0.1) is 0 Å². The van der Waals surface area contributed by atoms with E-state index >= 15 is 0 Å². The summed E-state index contributed by atoms with van der Waals surface area (Å²) in [6, 6.07) is 11.5. The van der Waals surface area contributed by atoms with Crippen molar-refractivity contribution in [2.45, 2.75) is 32.3 Å². The van der Waals surface area contributed by atoms with Gasteiger partial charge in [0.15, 0.2) is 6.10 Å². The maximum atomic E-state index is 12.5. The number of esters is 1. The van der Waals surface area contributed by atoms with E-state index in [-0.39, 0.29) is 5.78 Å². The number of hydrogen-bond acceptors (Lipinski definition) is 5. The van der Waals surface area contributed by atoms with Gasteiger partial charge in [-0.2, -0.15) is 0 Å². The summed E-state index contributed by atoms with van der Waals surface area (Å²) in [7, 11) is -3.38. The van der Waals surface area contributed by atoms with Crippen LogP contribution in [0.2, 0.25) is 0 Å². The number of rotatable bonds is 6. The zero-order chi connectivity index (χ0) is 19.6. The van der Waals surface area contributed by atoms with Crippen LogP contribution in [0.5, 0.6) is 0 Å². The van der Waals surface area contributed by atoms with Crippen LogP contribution in [0.1, 0.15) is 45.2 Å². The van der Waals surface area contributed by atoms with Crippen molar-refractivity contribution in [3.8, 4) is 0 Å². The van der Waals surface area contributed by atoms with E-state index in [0.717, 1.165) is 31.1 Å². The van der Waals surface area contributed by atoms with Crippen molar-refractivity contribution in [3.05, 3.63) is 64.7 Å². The van der Waals surface area contributed by atoms with Crippen LogP contribution in [0.15, 0.2) is 42.5 Å². The molecule has 0 aliphatic heterocycles. The van der Waals surface area contributed by atoms with Crippen molar-refractivity contribution >= 4 is 27.5 Å². The molecule has 1 aliphatic rings. The number of Topliss-reactive ketones (excluding diaryl/α,β-unsaturated/α-hetero) is 1. The average molecular weight is 387 g/mol. The topological polar surface area (TPSA) is 89.5 Å². The molecule has 142 valence electrons. The summed E-state index contributed by atoms with van der Waals surface area (Å²) < 4.78 is 30.1. The summed E-state index contributed by atoms with van der Waals surface area (Å²) in [6.45, 7) is 1.52. The van der Waals surface area contributed by atoms with Crippen molar-refractivity contribution < 1.29 is 22.7 Å². The van der Waals surface area contributed by atoms with Gasteiger partial charge in [-0.25, -0.2) is 13.2 Å². The molecule has 7 heteroatoms. The molecule has 0 saturated carbocycles. The minimum absolute atomic E-state index is 0.336. The number of ether oxygens (including phenoxy) is 1. The van der Waals surface area contributed by atoms with Gasteiger partial charge in [-0.3, -0.25) is 9.52 Å². The van der Waals surface area contributed by atoms with E-state index in [0.29, 0.717) is 16.8 Å². The van der Waals surface area contributed by atoms with E-state index in [2.05, 4.69) is 4.72 Å². The lowest BCUT2D eigenvalue weighted by molar-refractivity contribution is 0.0318. The van der Waals surface area contributed by atoms with Crippen molar-refractivity contribution in [2.75, 3.05) is 11.0 Å². The van der Waals surface area contributed by atoms with Crippen molar-refractivity contribution in [1.29, 1.82) is 0 Å². The molecule has 0 fully saturated rings. The molecule has 3 rings (SSSR count). The fourth-order valence-electron chi connectivity index (χ4n) is 3.13. The molecule has 6 nitrogen and oxygen atoms in total. The second-order valence-electron chi connectivity index (χ2n) is 6.70. The standard InChI is InChI=1S/C20H21NO5S/c1-13(19(22)15-8-10-18(11-9-15)21-27(2,24)25)26-20(23)17-7-6-14-4-3-5-16(14)12-17/h6-13,21H,3-5H2,1-2H3/t13-/m1/s1. The minimum Gasteiger partial charge on any atom is -0.451 e. The Bertz CT molecular complexity index is 980. The summed E-state index contributed by atoms with van der Waals surface area (Å²) >= 11 is 0. The zero-order valence-electron chi connectivity index (χ0n) is 15.2. The van der Waals surface area contributed by atoms with Crippen LogP contribution in [-0.2, 0) is 27.6 Å². The van der Waals surface area contributed by atoms with Gasteiger partial charge >= 0.3 is 5.97 Å². The molecule has 0 unspecified atom stereocenters. The maximum absolute atomic E-state index is 12.5. The highest BCUT2D eigenvalue weighted by molar-refractivity contribution is 7.92. The third kappa shape index (κ3) is 4.74. The minimum atomic E-state index is -3.38. The molecule has 1 aliphatic carbocycles. The van der Waals surface area contributed by atoms with Crippen molar-refractivity contribution in [2.24, 2.45) is 0 Å². The average Bonchev–Trinajstić information content (AvgIpc) is 3.08. The zero-order valence-corrected chi connectivity index (χ0v) is 16.0. The largest absolute Gasteiger partial charge is 0.451 e. The smallest absolute Gasteiger partial charge is 0.338 e. The van der Waals surface area contributed by atoms with Gasteiger partial charge in [-0.05, 0) is 73.7 Å². The van der Waals surface area contributed by atoms with Gasteiger partial charge in [-0.1, -0.05) is 6.07 Å². The molecule has 1 N–H and O–H groups in total. The molecule has 2 aromatic carbocycles. The van der Waals surface area contributed by atoms with Crippen LogP contribution >= 0.6 is 0 Å². The first-order valence-corrected chi connectivity index (χ1v) is 10.6. The molecule has 0 spiro atoms. The Morgan fingerprint density at radius 2 is 1.63 bits per heavy atom. The third-order valence-electron chi connectivity index (χ3n) is 4.46. The fraction of sp³-hybridized carbons (Fsp3) is 0.300. The van der Waals surface area contributed by atoms with Crippen LogP contribution in [0.25, 0.3) is 0 Å². The van der Waals surface area contributed by atoms with Gasteiger partial charge < -0.3 is 4.74 Å². The van der Waals surface area contributed by atoms with Gasteiger partial charge in [0, 0.05) is 11.3 Å². The number of carbonyl (C=O) groups excluding carboxylic acids is 2. The first-order valence-electron chi connectivity index (χ1n) is 8.68. The number of benzene rings is 2. The summed E-state index contributed by atoms with van der Waals surface area (Å²) in [5.41, 5.74) is 3.57. The first-order chi connectivity index (χ1) is 12.7. The Labute approximate surface area is 158 Å². The van der Waals surface area contributed by atoms with Crippen molar-refractivity contribution in [3.63, 3.8) is 0 Å². The summed E-state index contributed by atoms with van der Waals surface area (Å²) in [6.07, 6.45) is 3.18. The lowest BCUT2D eigenvalue weighted by atomic mass is 10.1. The molecule has 27 heavy (non-hydrogen) atoms. The van der Waals surface area contributed by atoms with Gasteiger partial charge in [-0.15, -0.1) is 0 Å². The van der Waals surface area contributed by atoms with Gasteiger partial charge in [0.25, 0.3) is 0 Å². The molecule has 0 bridgehead atoms. The quantitative estimate of drug-likeness (QED) is 0.608. The predicted molar refractivity (Wildman–Crippen MR) is 103 cm³/mol. The van der Waals surface area contributed by atoms with E-state index in [1.165, 1.54) is 36.8 Å². The molecule has 0 saturated heterocycles. The van der Waals surface area contributed by atoms with Crippen LogP contribution in [0.4, 0.5) is 5.69 Å². The van der Waals surface area contributed by atoms with E-state index in [4.69, 9.17) is 4.74 Å². The van der Waals surface area contributed by atoms with Crippen LogP contribution in [0.3, 0.4) is 0 Å². The number of carbonyl (C=O) groups is 2. The molecule has 0 amide bonds. The first kappa shape index (κ1) is 19.1. The van der Waals surface area contributed by atoms with E-state index < -0.39 is 22.1 Å². The Hall–Kier alpha value is -2.67. The van der Waals surface area contributed by atoms with E-state index in [1.54, 1.807) is 6.07 Å². The number of hydrogen-bond donors (Lipinski definition) is 1. The Balaban J connectivity index is 1.65. The maximum Gasteiger partial charge on any atom is 0.338 e. The Kier molecular flexibility index (Phi) is 5.32. The van der Waals surface area contributed by atoms with Crippen LogP contribution < -0.4 is 4.72 Å². The number of aryl methyl sites for hydroxylation is 2. The van der Waals surface area contributed by atoms with Crippen molar-refractivity contribution in [1.82, 2.24) is 0 Å².